The molecule has 0 atom stereocenters. The third-order valence-corrected chi connectivity index (χ3v) is 6.59. The molecular weight excluding hydrogens is 310 g/mol. The Morgan fingerprint density at radius 3 is 2.21 bits per heavy atom. The second-order valence-corrected chi connectivity index (χ2v) is 12.3. The van der Waals surface area contributed by atoms with Gasteiger partial charge in [-0.25, -0.2) is 0 Å². The molecule has 0 aliphatic rings. The number of para-hydroxylation sites is 1. The molecule has 2 nitrogen and oxygen atoms in total. The van der Waals surface area contributed by atoms with Crippen molar-refractivity contribution in [3.63, 3.8) is 0 Å². The first kappa shape index (κ1) is 15.0. The van der Waals surface area contributed by atoms with Gasteiger partial charge in [0, 0.05) is 10.9 Å². The molecule has 0 saturated carbocycles. The van der Waals surface area contributed by atoms with Gasteiger partial charge in [0.05, 0.1) is 19.1 Å². The van der Waals surface area contributed by atoms with Crippen molar-refractivity contribution in [2.75, 3.05) is 5.73 Å². The Bertz CT molecular complexity index is 1040. The van der Waals surface area contributed by atoms with E-state index in [1.54, 1.807) is 0 Å². The van der Waals surface area contributed by atoms with E-state index in [4.69, 9.17) is 10.2 Å². The van der Waals surface area contributed by atoms with Crippen molar-refractivity contribution in [1.82, 2.24) is 0 Å². The minimum atomic E-state index is -1.60. The Balaban J connectivity index is 2.19. The largest absolute Gasteiger partial charge is 0.456 e. The molecule has 0 saturated heterocycles. The van der Waals surface area contributed by atoms with Crippen molar-refractivity contribution in [3.05, 3.63) is 60.7 Å². The van der Waals surface area contributed by atoms with E-state index in [1.165, 1.54) is 16.3 Å². The lowest BCUT2D eigenvalue weighted by molar-refractivity contribution is 0.669. The molecule has 0 unspecified atom stereocenters. The molecule has 2 N–H and O–H groups in total. The summed E-state index contributed by atoms with van der Waals surface area (Å²) >= 11 is 0. The minimum Gasteiger partial charge on any atom is -0.456 e. The molecule has 120 valence electrons. The first-order valence-corrected chi connectivity index (χ1v) is 11.8. The van der Waals surface area contributed by atoms with E-state index >= 15 is 0 Å². The summed E-state index contributed by atoms with van der Waals surface area (Å²) in [5, 5.41) is 3.47. The first-order valence-electron chi connectivity index (χ1n) is 8.26. The third-order valence-electron chi connectivity index (χ3n) is 4.58. The summed E-state index contributed by atoms with van der Waals surface area (Å²) in [5.74, 6) is 0. The van der Waals surface area contributed by atoms with Gasteiger partial charge in [-0.15, -0.1) is 0 Å². The summed E-state index contributed by atoms with van der Waals surface area (Å²) in [6.07, 6.45) is 0. The first-order chi connectivity index (χ1) is 11.5. The molecule has 0 fully saturated rings. The number of fused-ring (bicyclic) bond motifs is 3. The van der Waals surface area contributed by atoms with Crippen LogP contribution < -0.4 is 10.9 Å². The number of nitrogen functional groups attached to an aromatic ring is 1. The quantitative estimate of drug-likeness (QED) is 0.395. The molecule has 3 heteroatoms. The lowest BCUT2D eigenvalue weighted by Crippen LogP contribution is -2.39. The molecule has 0 bridgehead atoms. The van der Waals surface area contributed by atoms with Gasteiger partial charge < -0.3 is 10.2 Å². The molecule has 4 aromatic rings. The van der Waals surface area contributed by atoms with Crippen LogP contribution in [-0.4, -0.2) is 8.07 Å². The highest BCUT2D eigenvalue weighted by Gasteiger charge is 2.26. The van der Waals surface area contributed by atoms with E-state index in [0.717, 1.165) is 27.6 Å². The summed E-state index contributed by atoms with van der Waals surface area (Å²) in [6, 6.07) is 20.8. The molecule has 0 radical (unpaired) electrons. The van der Waals surface area contributed by atoms with Gasteiger partial charge in [0.15, 0.2) is 0 Å². The van der Waals surface area contributed by atoms with Gasteiger partial charge in [0.1, 0.15) is 11.2 Å². The second kappa shape index (κ2) is 5.25. The van der Waals surface area contributed by atoms with Gasteiger partial charge in [-0.2, -0.15) is 0 Å². The topological polar surface area (TPSA) is 39.2 Å². The van der Waals surface area contributed by atoms with Crippen molar-refractivity contribution in [1.29, 1.82) is 0 Å². The number of rotatable bonds is 2. The smallest absolute Gasteiger partial charge is 0.137 e. The molecule has 0 spiro atoms. The highest BCUT2D eigenvalue weighted by Crippen LogP contribution is 2.38. The van der Waals surface area contributed by atoms with Crippen LogP contribution in [0.25, 0.3) is 33.1 Å². The van der Waals surface area contributed by atoms with Crippen LogP contribution in [0.2, 0.25) is 19.6 Å². The molecule has 1 aromatic heterocycles. The molecule has 1 heterocycles. The Morgan fingerprint density at radius 2 is 1.50 bits per heavy atom. The van der Waals surface area contributed by atoms with E-state index in [1.807, 2.05) is 24.3 Å². The van der Waals surface area contributed by atoms with Crippen LogP contribution in [0.4, 0.5) is 5.69 Å². The molecular formula is C21H21NOSi. The number of benzene rings is 3. The van der Waals surface area contributed by atoms with E-state index in [9.17, 15) is 0 Å². The Morgan fingerprint density at radius 1 is 0.833 bits per heavy atom. The zero-order valence-electron chi connectivity index (χ0n) is 14.3. The van der Waals surface area contributed by atoms with Crippen LogP contribution in [0, 0.1) is 0 Å². The van der Waals surface area contributed by atoms with Crippen molar-refractivity contribution in [3.8, 4) is 11.1 Å². The summed E-state index contributed by atoms with van der Waals surface area (Å²) in [5.41, 5.74) is 11.7. The van der Waals surface area contributed by atoms with Crippen molar-refractivity contribution in [2.45, 2.75) is 19.6 Å². The average molecular weight is 331 g/mol. The summed E-state index contributed by atoms with van der Waals surface area (Å²) < 4.78 is 6.10. The van der Waals surface area contributed by atoms with E-state index in [-0.39, 0.29) is 0 Å². The average Bonchev–Trinajstić information content (AvgIpc) is 2.93. The fourth-order valence-electron chi connectivity index (χ4n) is 3.42. The predicted molar refractivity (Wildman–Crippen MR) is 107 cm³/mol. The Kier molecular flexibility index (Phi) is 3.29. The van der Waals surface area contributed by atoms with E-state index < -0.39 is 8.07 Å². The second-order valence-electron chi connectivity index (χ2n) is 7.30. The summed E-state index contributed by atoms with van der Waals surface area (Å²) in [7, 11) is -1.60. The van der Waals surface area contributed by atoms with Gasteiger partial charge in [0.2, 0.25) is 0 Å². The van der Waals surface area contributed by atoms with Crippen LogP contribution in [0.15, 0.2) is 65.1 Å². The zero-order valence-corrected chi connectivity index (χ0v) is 15.3. The molecule has 0 aliphatic heterocycles. The van der Waals surface area contributed by atoms with Crippen molar-refractivity contribution in [2.24, 2.45) is 0 Å². The molecule has 4 rings (SSSR count). The third kappa shape index (κ3) is 2.24. The Hall–Kier alpha value is -2.52. The number of anilines is 1. The normalized spacial score (nSPS) is 12.1. The lowest BCUT2D eigenvalue weighted by atomic mass is 10.00. The summed E-state index contributed by atoms with van der Waals surface area (Å²) in [6.45, 7) is 7.05. The fourth-order valence-corrected chi connectivity index (χ4v) is 5.02. The van der Waals surface area contributed by atoms with Crippen LogP contribution in [0.1, 0.15) is 0 Å². The molecule has 0 amide bonds. The van der Waals surface area contributed by atoms with Crippen molar-refractivity contribution < 1.29 is 4.42 Å². The Labute approximate surface area is 142 Å². The highest BCUT2D eigenvalue weighted by atomic mass is 28.3. The lowest BCUT2D eigenvalue weighted by Gasteiger charge is -2.23. The molecule has 3 aromatic carbocycles. The summed E-state index contributed by atoms with van der Waals surface area (Å²) in [4.78, 5) is 0. The van der Waals surface area contributed by atoms with Crippen LogP contribution in [-0.2, 0) is 0 Å². The van der Waals surface area contributed by atoms with Crippen molar-refractivity contribution >= 4 is 40.9 Å². The van der Waals surface area contributed by atoms with Gasteiger partial charge >= 0.3 is 0 Å². The van der Waals surface area contributed by atoms with Crippen LogP contribution >= 0.6 is 0 Å². The monoisotopic (exact) mass is 331 g/mol. The van der Waals surface area contributed by atoms with Crippen LogP contribution in [0.5, 0.6) is 0 Å². The molecule has 0 aliphatic carbocycles. The fraction of sp³-hybridized carbons (Fsp3) is 0.143. The van der Waals surface area contributed by atoms with Gasteiger partial charge in [-0.1, -0.05) is 68.2 Å². The van der Waals surface area contributed by atoms with Gasteiger partial charge in [0.25, 0.3) is 0 Å². The number of hydrogen-bond acceptors (Lipinski definition) is 2. The predicted octanol–water partition coefficient (Wildman–Crippen LogP) is 5.38. The van der Waals surface area contributed by atoms with E-state index in [2.05, 4.69) is 56.0 Å². The highest BCUT2D eigenvalue weighted by molar-refractivity contribution is 6.90. The standard InChI is InChI=1S/C21H21NOSi/c1-24(2,3)18-13-17-20(15-11-7-8-12-16(15)23-17)21(22)19(18)14-9-5-4-6-10-14/h4-13H,22H2,1-3H3. The zero-order chi connectivity index (χ0) is 16.9. The number of nitrogens with two attached hydrogens (primary N) is 1. The van der Waals surface area contributed by atoms with Crippen LogP contribution in [0.3, 0.4) is 0 Å². The maximum atomic E-state index is 6.72. The maximum absolute atomic E-state index is 6.72. The maximum Gasteiger partial charge on any atom is 0.137 e. The van der Waals surface area contributed by atoms with E-state index in [0.29, 0.717) is 0 Å². The van der Waals surface area contributed by atoms with Gasteiger partial charge in [-0.05, 0) is 22.9 Å². The number of furan rings is 1. The molecule has 24 heavy (non-hydrogen) atoms. The van der Waals surface area contributed by atoms with Gasteiger partial charge in [-0.3, -0.25) is 0 Å². The number of hydrogen-bond donors (Lipinski definition) is 1. The minimum absolute atomic E-state index is 0.834. The SMILES string of the molecule is C[Si](C)(C)c1cc2oc3ccccc3c2c(N)c1-c1ccccc1.